The number of aryl methyl sites for hydroxylation is 1. The number of nitrogens with zero attached hydrogens (tertiary/aromatic N) is 4. The maximum atomic E-state index is 6.60. The van der Waals surface area contributed by atoms with Crippen molar-refractivity contribution in [2.75, 3.05) is 26.7 Å². The maximum absolute atomic E-state index is 6.60. The van der Waals surface area contributed by atoms with Crippen molar-refractivity contribution in [3.63, 3.8) is 0 Å². The van der Waals surface area contributed by atoms with Crippen LogP contribution in [0.5, 0.6) is 0 Å². The molecule has 1 saturated heterocycles. The zero-order valence-electron chi connectivity index (χ0n) is 12.9. The fraction of sp³-hybridized carbons (Fsp3) is 0.667. The van der Waals surface area contributed by atoms with Crippen LogP contribution in [-0.2, 0) is 13.1 Å². The summed E-state index contributed by atoms with van der Waals surface area (Å²) in [5.74, 6) is 0. The standard InChI is InChI=1S/C15H24ClN5/c1-11(20-8-5-15(2,17)10-20)14-13(16)12-9-19(3)6-4-7-21(12)18-14/h1,4-10,17H2,2-3H3. The molecule has 0 aliphatic carbocycles. The van der Waals surface area contributed by atoms with Gasteiger partial charge in [-0.1, -0.05) is 18.2 Å². The fourth-order valence-electron chi connectivity index (χ4n) is 3.19. The predicted molar refractivity (Wildman–Crippen MR) is 86.0 cm³/mol. The topological polar surface area (TPSA) is 50.3 Å². The number of likely N-dealkylation sites (tertiary alicyclic amines) is 1. The lowest BCUT2D eigenvalue weighted by Gasteiger charge is -2.22. The average molecular weight is 310 g/mol. The second-order valence-corrected chi connectivity index (χ2v) is 7.07. The van der Waals surface area contributed by atoms with Crippen LogP contribution in [-0.4, -0.2) is 51.8 Å². The Morgan fingerprint density at radius 3 is 2.81 bits per heavy atom. The molecule has 1 atom stereocenters. The van der Waals surface area contributed by atoms with Crippen molar-refractivity contribution >= 4 is 17.3 Å². The fourth-order valence-corrected chi connectivity index (χ4v) is 3.49. The second-order valence-electron chi connectivity index (χ2n) is 6.70. The summed E-state index contributed by atoms with van der Waals surface area (Å²) < 4.78 is 2.05. The number of hydrogen-bond donors (Lipinski definition) is 1. The smallest absolute Gasteiger partial charge is 0.127 e. The Balaban J connectivity index is 1.87. The van der Waals surface area contributed by atoms with Gasteiger partial charge in [0.25, 0.3) is 0 Å². The van der Waals surface area contributed by atoms with Crippen LogP contribution in [0.2, 0.25) is 5.02 Å². The normalized spacial score (nSPS) is 26.8. The number of aromatic nitrogens is 2. The van der Waals surface area contributed by atoms with E-state index >= 15 is 0 Å². The Bertz CT molecular complexity index is 563. The highest BCUT2D eigenvalue weighted by Crippen LogP contribution is 2.32. The summed E-state index contributed by atoms with van der Waals surface area (Å²) in [7, 11) is 2.12. The molecule has 0 saturated carbocycles. The summed E-state index contributed by atoms with van der Waals surface area (Å²) in [5, 5.41) is 5.46. The van der Waals surface area contributed by atoms with Gasteiger partial charge in [0.1, 0.15) is 5.69 Å². The molecule has 0 bridgehead atoms. The lowest BCUT2D eigenvalue weighted by molar-refractivity contribution is 0.332. The molecule has 21 heavy (non-hydrogen) atoms. The summed E-state index contributed by atoms with van der Waals surface area (Å²) in [4.78, 5) is 4.49. The van der Waals surface area contributed by atoms with E-state index in [4.69, 9.17) is 22.4 Å². The minimum atomic E-state index is -0.146. The Kier molecular flexibility index (Phi) is 3.76. The summed E-state index contributed by atoms with van der Waals surface area (Å²) in [6, 6.07) is 0. The molecule has 3 heterocycles. The molecule has 0 aromatic carbocycles. The highest BCUT2D eigenvalue weighted by atomic mass is 35.5. The maximum Gasteiger partial charge on any atom is 0.127 e. The lowest BCUT2D eigenvalue weighted by Crippen LogP contribution is -2.38. The third kappa shape index (κ3) is 2.82. The largest absolute Gasteiger partial charge is 0.368 e. The highest BCUT2D eigenvalue weighted by molar-refractivity contribution is 6.32. The van der Waals surface area contributed by atoms with Crippen LogP contribution >= 0.6 is 11.6 Å². The van der Waals surface area contributed by atoms with Crippen molar-refractivity contribution < 1.29 is 0 Å². The molecule has 1 aromatic heterocycles. The number of hydrogen-bond acceptors (Lipinski definition) is 4. The Morgan fingerprint density at radius 1 is 1.38 bits per heavy atom. The quantitative estimate of drug-likeness (QED) is 0.904. The van der Waals surface area contributed by atoms with Gasteiger partial charge in [0.05, 0.1) is 16.4 Å². The molecule has 116 valence electrons. The summed E-state index contributed by atoms with van der Waals surface area (Å²) in [6.07, 6.45) is 2.07. The van der Waals surface area contributed by atoms with Crippen molar-refractivity contribution in [1.29, 1.82) is 0 Å². The van der Waals surface area contributed by atoms with E-state index in [1.54, 1.807) is 0 Å². The van der Waals surface area contributed by atoms with Gasteiger partial charge in [-0.05, 0) is 26.8 Å². The van der Waals surface area contributed by atoms with Crippen molar-refractivity contribution in [1.82, 2.24) is 19.6 Å². The Labute approximate surface area is 131 Å². The van der Waals surface area contributed by atoms with Crippen LogP contribution in [0.25, 0.3) is 5.70 Å². The summed E-state index contributed by atoms with van der Waals surface area (Å²) >= 11 is 6.60. The van der Waals surface area contributed by atoms with Crippen molar-refractivity contribution in [2.24, 2.45) is 5.73 Å². The molecular formula is C15H24ClN5. The van der Waals surface area contributed by atoms with E-state index in [9.17, 15) is 0 Å². The first-order valence-electron chi connectivity index (χ1n) is 7.54. The predicted octanol–water partition coefficient (Wildman–Crippen LogP) is 1.77. The van der Waals surface area contributed by atoms with Crippen molar-refractivity contribution in [3.8, 4) is 0 Å². The molecule has 5 nitrogen and oxygen atoms in total. The molecular weight excluding hydrogens is 286 g/mol. The van der Waals surface area contributed by atoms with Crippen LogP contribution in [0.4, 0.5) is 0 Å². The Morgan fingerprint density at radius 2 is 2.14 bits per heavy atom. The molecule has 0 spiro atoms. The number of fused-ring (bicyclic) bond motifs is 1. The number of nitrogens with two attached hydrogens (primary N) is 1. The van der Waals surface area contributed by atoms with Gasteiger partial charge in [-0.15, -0.1) is 0 Å². The van der Waals surface area contributed by atoms with Crippen LogP contribution in [0.15, 0.2) is 6.58 Å². The first-order valence-corrected chi connectivity index (χ1v) is 7.92. The molecule has 1 aromatic rings. The summed E-state index contributed by atoms with van der Waals surface area (Å²) in [5.41, 5.74) is 8.88. The molecule has 2 aliphatic rings. The molecule has 0 amide bonds. The van der Waals surface area contributed by atoms with E-state index in [-0.39, 0.29) is 5.54 Å². The highest BCUT2D eigenvalue weighted by Gasteiger charge is 2.32. The summed E-state index contributed by atoms with van der Waals surface area (Å²) in [6.45, 7) is 10.9. The Hall–Kier alpha value is -1.04. The van der Waals surface area contributed by atoms with Crippen LogP contribution in [0.3, 0.4) is 0 Å². The third-order valence-corrected chi connectivity index (χ3v) is 4.88. The first kappa shape index (κ1) is 14.9. The van der Waals surface area contributed by atoms with Gasteiger partial charge in [0.15, 0.2) is 0 Å². The molecule has 2 aliphatic heterocycles. The van der Waals surface area contributed by atoms with Gasteiger partial charge in [0.2, 0.25) is 0 Å². The minimum absolute atomic E-state index is 0.146. The molecule has 2 N–H and O–H groups in total. The SMILES string of the molecule is C=C(c1nn2c(c1Cl)CN(C)CCC2)N1CCC(C)(N)C1. The van der Waals surface area contributed by atoms with E-state index < -0.39 is 0 Å². The van der Waals surface area contributed by atoms with E-state index in [0.29, 0.717) is 0 Å². The van der Waals surface area contributed by atoms with E-state index in [1.807, 2.05) is 4.68 Å². The minimum Gasteiger partial charge on any atom is -0.368 e. The molecule has 1 fully saturated rings. The molecule has 0 radical (unpaired) electrons. The van der Waals surface area contributed by atoms with Crippen LogP contribution < -0.4 is 5.73 Å². The number of halogens is 1. The zero-order valence-corrected chi connectivity index (χ0v) is 13.7. The average Bonchev–Trinajstić information content (AvgIpc) is 2.85. The van der Waals surface area contributed by atoms with Gasteiger partial charge >= 0.3 is 0 Å². The van der Waals surface area contributed by atoms with Gasteiger partial charge in [0, 0.05) is 38.3 Å². The van der Waals surface area contributed by atoms with Crippen LogP contribution in [0, 0.1) is 0 Å². The number of rotatable bonds is 2. The van der Waals surface area contributed by atoms with Gasteiger partial charge in [-0.25, -0.2) is 0 Å². The van der Waals surface area contributed by atoms with Crippen molar-refractivity contribution in [2.45, 2.75) is 38.4 Å². The van der Waals surface area contributed by atoms with Gasteiger partial charge in [-0.3, -0.25) is 4.68 Å². The van der Waals surface area contributed by atoms with E-state index in [1.165, 1.54) is 0 Å². The molecule has 3 rings (SSSR count). The van der Waals surface area contributed by atoms with Gasteiger partial charge in [-0.2, -0.15) is 5.10 Å². The van der Waals surface area contributed by atoms with E-state index in [0.717, 1.165) is 67.7 Å². The lowest BCUT2D eigenvalue weighted by atomic mass is 10.0. The van der Waals surface area contributed by atoms with Crippen molar-refractivity contribution in [3.05, 3.63) is 23.0 Å². The zero-order chi connectivity index (χ0) is 15.2. The monoisotopic (exact) mass is 309 g/mol. The third-order valence-electron chi connectivity index (χ3n) is 4.48. The molecule has 1 unspecified atom stereocenters. The van der Waals surface area contributed by atoms with Gasteiger partial charge < -0.3 is 15.5 Å². The molecule has 6 heteroatoms. The first-order chi connectivity index (χ1) is 9.87. The van der Waals surface area contributed by atoms with Crippen LogP contribution in [0.1, 0.15) is 31.2 Å². The van der Waals surface area contributed by atoms with E-state index in [2.05, 4.69) is 30.4 Å². The second kappa shape index (κ2) is 5.30.